The quantitative estimate of drug-likeness (QED) is 0.812. The van der Waals surface area contributed by atoms with E-state index in [1.807, 2.05) is 0 Å². The molecule has 0 unspecified atom stereocenters. The molecule has 94 valence electrons. The Kier molecular flexibility index (Phi) is 3.89. The molecular formula is C12H10Cl2N2O2. The molecule has 0 amide bonds. The Hall–Kier alpha value is -1.52. The zero-order valence-corrected chi connectivity index (χ0v) is 11.1. The average molecular weight is 285 g/mol. The Labute approximate surface area is 114 Å². The molecule has 4 nitrogen and oxygen atoms in total. The van der Waals surface area contributed by atoms with Crippen LogP contribution in [0.15, 0.2) is 30.5 Å². The number of rotatable bonds is 3. The number of nitrogens with zero attached hydrogens (tertiary/aromatic N) is 2. The van der Waals surface area contributed by atoms with Gasteiger partial charge in [0, 0.05) is 5.02 Å². The van der Waals surface area contributed by atoms with Crippen molar-refractivity contribution in [2.45, 2.75) is 6.92 Å². The Morgan fingerprint density at radius 3 is 2.61 bits per heavy atom. The van der Waals surface area contributed by atoms with Crippen LogP contribution in [0.2, 0.25) is 10.0 Å². The van der Waals surface area contributed by atoms with E-state index >= 15 is 0 Å². The molecule has 2 rings (SSSR count). The highest BCUT2D eigenvalue weighted by Gasteiger charge is 2.17. The number of benzene rings is 1. The molecule has 0 radical (unpaired) electrons. The van der Waals surface area contributed by atoms with E-state index in [1.165, 1.54) is 4.68 Å². The third-order valence-corrected chi connectivity index (χ3v) is 2.76. The fraction of sp³-hybridized carbons (Fsp3) is 0.167. The molecule has 0 bridgehead atoms. The van der Waals surface area contributed by atoms with Crippen molar-refractivity contribution < 1.29 is 9.53 Å². The highest BCUT2D eigenvalue weighted by Crippen LogP contribution is 2.19. The summed E-state index contributed by atoms with van der Waals surface area (Å²) < 4.78 is 6.36. The van der Waals surface area contributed by atoms with Crippen LogP contribution in [0.25, 0.3) is 5.69 Å². The Balaban J connectivity index is 2.34. The van der Waals surface area contributed by atoms with Gasteiger partial charge in [-0.25, -0.2) is 9.48 Å². The Bertz CT molecular complexity index is 564. The van der Waals surface area contributed by atoms with Gasteiger partial charge in [-0.15, -0.1) is 0 Å². The molecular weight excluding hydrogens is 275 g/mol. The predicted octanol–water partition coefficient (Wildman–Crippen LogP) is 3.36. The minimum Gasteiger partial charge on any atom is -0.461 e. The van der Waals surface area contributed by atoms with Gasteiger partial charge in [-0.2, -0.15) is 5.10 Å². The van der Waals surface area contributed by atoms with E-state index in [0.29, 0.717) is 5.02 Å². The van der Waals surface area contributed by atoms with Gasteiger partial charge in [0.2, 0.25) is 0 Å². The lowest BCUT2D eigenvalue weighted by Crippen LogP contribution is -2.07. The van der Waals surface area contributed by atoms with E-state index in [0.717, 1.165) is 5.69 Å². The second-order valence-corrected chi connectivity index (χ2v) is 4.31. The van der Waals surface area contributed by atoms with E-state index in [2.05, 4.69) is 5.10 Å². The SMILES string of the molecule is CCOC(=O)c1nn(-c2ccc(Cl)cc2)cc1Cl. The maximum absolute atomic E-state index is 11.6. The van der Waals surface area contributed by atoms with Gasteiger partial charge < -0.3 is 4.74 Å². The molecule has 6 heteroatoms. The minimum atomic E-state index is -0.532. The highest BCUT2D eigenvalue weighted by atomic mass is 35.5. The van der Waals surface area contributed by atoms with E-state index in [1.54, 1.807) is 37.4 Å². The normalized spacial score (nSPS) is 10.4. The maximum Gasteiger partial charge on any atom is 0.360 e. The van der Waals surface area contributed by atoms with E-state index in [4.69, 9.17) is 27.9 Å². The summed E-state index contributed by atoms with van der Waals surface area (Å²) in [5.74, 6) is -0.532. The van der Waals surface area contributed by atoms with Crippen LogP contribution in [-0.2, 0) is 4.74 Å². The zero-order valence-electron chi connectivity index (χ0n) is 9.56. The summed E-state index contributed by atoms with van der Waals surface area (Å²) in [5, 5.41) is 4.98. The molecule has 0 aliphatic rings. The third kappa shape index (κ3) is 2.66. The summed E-state index contributed by atoms with van der Waals surface area (Å²) in [6, 6.07) is 7.02. The van der Waals surface area contributed by atoms with Crippen LogP contribution in [0.1, 0.15) is 17.4 Å². The lowest BCUT2D eigenvalue weighted by Gasteiger charge is -2.00. The molecule has 0 N–H and O–H groups in total. The number of aromatic nitrogens is 2. The van der Waals surface area contributed by atoms with Crippen LogP contribution in [0, 0.1) is 0 Å². The molecule has 2 aromatic rings. The molecule has 18 heavy (non-hydrogen) atoms. The van der Waals surface area contributed by atoms with Crippen molar-refractivity contribution in [1.29, 1.82) is 0 Å². The van der Waals surface area contributed by atoms with Crippen LogP contribution in [0.3, 0.4) is 0 Å². The molecule has 0 aliphatic carbocycles. The maximum atomic E-state index is 11.6. The first-order chi connectivity index (χ1) is 8.61. The average Bonchev–Trinajstić information content (AvgIpc) is 2.72. The number of carbonyl (C=O) groups excluding carboxylic acids is 1. The molecule has 0 fully saturated rings. The first-order valence-corrected chi connectivity index (χ1v) is 6.05. The molecule has 1 heterocycles. The van der Waals surface area contributed by atoms with Gasteiger partial charge in [-0.05, 0) is 31.2 Å². The fourth-order valence-electron chi connectivity index (χ4n) is 1.42. The second-order valence-electron chi connectivity index (χ2n) is 3.47. The number of halogens is 2. The summed E-state index contributed by atoms with van der Waals surface area (Å²) in [6.45, 7) is 2.00. The Morgan fingerprint density at radius 1 is 1.33 bits per heavy atom. The third-order valence-electron chi connectivity index (χ3n) is 2.23. The van der Waals surface area contributed by atoms with Crippen LogP contribution < -0.4 is 0 Å². The lowest BCUT2D eigenvalue weighted by molar-refractivity contribution is 0.0519. The number of hydrogen-bond donors (Lipinski definition) is 0. The number of hydrogen-bond acceptors (Lipinski definition) is 3. The lowest BCUT2D eigenvalue weighted by atomic mass is 10.3. The summed E-state index contributed by atoms with van der Waals surface area (Å²) in [5.41, 5.74) is 0.866. The van der Waals surface area contributed by atoms with Crippen molar-refractivity contribution in [2.75, 3.05) is 6.61 Å². The van der Waals surface area contributed by atoms with E-state index in [-0.39, 0.29) is 17.3 Å². The smallest absolute Gasteiger partial charge is 0.360 e. The molecule has 0 atom stereocenters. The van der Waals surface area contributed by atoms with Gasteiger partial charge in [0.05, 0.1) is 23.5 Å². The molecule has 1 aromatic heterocycles. The minimum absolute atomic E-state index is 0.105. The zero-order chi connectivity index (χ0) is 13.1. The van der Waals surface area contributed by atoms with Crippen LogP contribution >= 0.6 is 23.2 Å². The predicted molar refractivity (Wildman–Crippen MR) is 69.5 cm³/mol. The van der Waals surface area contributed by atoms with Crippen molar-refractivity contribution in [2.24, 2.45) is 0 Å². The van der Waals surface area contributed by atoms with Gasteiger partial charge in [0.15, 0.2) is 5.69 Å². The molecule has 0 saturated carbocycles. The van der Waals surface area contributed by atoms with Crippen molar-refractivity contribution >= 4 is 29.2 Å². The summed E-state index contributed by atoms with van der Waals surface area (Å²) >= 11 is 11.7. The van der Waals surface area contributed by atoms with Crippen molar-refractivity contribution in [3.8, 4) is 5.69 Å². The second kappa shape index (κ2) is 5.42. The van der Waals surface area contributed by atoms with Crippen LogP contribution in [0.4, 0.5) is 0 Å². The standard InChI is InChI=1S/C12H10Cl2N2O2/c1-2-18-12(17)11-10(14)7-16(15-11)9-5-3-8(13)4-6-9/h3-7H,2H2,1H3. The van der Waals surface area contributed by atoms with Crippen molar-refractivity contribution in [3.63, 3.8) is 0 Å². The van der Waals surface area contributed by atoms with Crippen LogP contribution in [0.5, 0.6) is 0 Å². The number of ether oxygens (including phenoxy) is 1. The van der Waals surface area contributed by atoms with Crippen molar-refractivity contribution in [1.82, 2.24) is 9.78 Å². The summed E-state index contributed by atoms with van der Waals surface area (Å²) in [7, 11) is 0. The highest BCUT2D eigenvalue weighted by molar-refractivity contribution is 6.33. The summed E-state index contributed by atoms with van der Waals surface area (Å²) in [6.07, 6.45) is 1.55. The van der Waals surface area contributed by atoms with Gasteiger partial charge in [0.1, 0.15) is 0 Å². The monoisotopic (exact) mass is 284 g/mol. The summed E-state index contributed by atoms with van der Waals surface area (Å²) in [4.78, 5) is 11.6. The molecule has 1 aromatic carbocycles. The van der Waals surface area contributed by atoms with Crippen LogP contribution in [-0.4, -0.2) is 22.4 Å². The largest absolute Gasteiger partial charge is 0.461 e. The van der Waals surface area contributed by atoms with Gasteiger partial charge >= 0.3 is 5.97 Å². The van der Waals surface area contributed by atoms with Gasteiger partial charge in [0.25, 0.3) is 0 Å². The van der Waals surface area contributed by atoms with Gasteiger partial charge in [-0.3, -0.25) is 0 Å². The number of esters is 1. The Morgan fingerprint density at radius 2 is 2.00 bits per heavy atom. The first kappa shape index (κ1) is 12.9. The topological polar surface area (TPSA) is 44.1 Å². The molecule has 0 spiro atoms. The van der Waals surface area contributed by atoms with E-state index in [9.17, 15) is 4.79 Å². The first-order valence-electron chi connectivity index (χ1n) is 5.30. The number of carbonyl (C=O) groups is 1. The van der Waals surface area contributed by atoms with Crippen molar-refractivity contribution in [3.05, 3.63) is 46.2 Å². The van der Waals surface area contributed by atoms with Gasteiger partial charge in [-0.1, -0.05) is 23.2 Å². The fourth-order valence-corrected chi connectivity index (χ4v) is 1.75. The van der Waals surface area contributed by atoms with E-state index < -0.39 is 5.97 Å². The molecule has 0 aliphatic heterocycles. The molecule has 0 saturated heterocycles.